The fourth-order valence-corrected chi connectivity index (χ4v) is 2.33. The van der Waals surface area contributed by atoms with Gasteiger partial charge < -0.3 is 16.0 Å². The number of aromatic nitrogens is 4. The van der Waals surface area contributed by atoms with Crippen molar-refractivity contribution in [3.05, 3.63) is 6.33 Å². The van der Waals surface area contributed by atoms with Gasteiger partial charge in [-0.15, -0.1) is 23.2 Å². The number of rotatable bonds is 2. The Morgan fingerprint density at radius 1 is 1.41 bits per heavy atom. The normalized spacial score (nSPS) is 21.9. The summed E-state index contributed by atoms with van der Waals surface area (Å²) in [5.41, 5.74) is 12.4. The minimum atomic E-state index is -0.624. The Hall–Kier alpha value is -1.27. The second-order valence-corrected chi connectivity index (χ2v) is 5.74. The topological polar surface area (TPSA) is 95.6 Å². The Morgan fingerprint density at radius 3 is 2.76 bits per heavy atom. The summed E-state index contributed by atoms with van der Waals surface area (Å²) < 4.78 is 1.22. The van der Waals surface area contributed by atoms with Crippen LogP contribution in [0.3, 0.4) is 0 Å². The molecule has 1 unspecified atom stereocenters. The number of fused-ring (bicyclic) bond motifs is 1. The molecule has 8 heteroatoms. The van der Waals surface area contributed by atoms with Crippen molar-refractivity contribution in [2.75, 3.05) is 11.5 Å². The van der Waals surface area contributed by atoms with E-state index in [2.05, 4.69) is 15.0 Å². The molecule has 2 aromatic heterocycles. The van der Waals surface area contributed by atoms with Crippen LogP contribution in [0, 0.1) is 5.92 Å². The molecule has 17 heavy (non-hydrogen) atoms. The second-order valence-electron chi connectivity index (χ2n) is 4.20. The van der Waals surface area contributed by atoms with E-state index in [0.717, 1.165) is 6.42 Å². The van der Waals surface area contributed by atoms with E-state index in [1.807, 2.05) is 4.57 Å². The first-order chi connectivity index (χ1) is 7.97. The summed E-state index contributed by atoms with van der Waals surface area (Å²) in [7, 11) is 0. The number of imidazole rings is 1. The molecule has 6 nitrogen and oxygen atoms in total. The van der Waals surface area contributed by atoms with Crippen molar-refractivity contribution in [1.29, 1.82) is 0 Å². The summed E-state index contributed by atoms with van der Waals surface area (Å²) in [6.45, 7) is 0.652. The minimum Gasteiger partial charge on any atom is -0.382 e. The van der Waals surface area contributed by atoms with Crippen molar-refractivity contribution in [3.63, 3.8) is 0 Å². The highest BCUT2D eigenvalue weighted by Crippen LogP contribution is 2.54. The highest BCUT2D eigenvalue weighted by atomic mass is 35.5. The minimum absolute atomic E-state index is 0.135. The van der Waals surface area contributed by atoms with Gasteiger partial charge in [0.2, 0.25) is 5.95 Å². The highest BCUT2D eigenvalue weighted by molar-refractivity contribution is 6.50. The Balaban J connectivity index is 2.00. The molecule has 1 aliphatic rings. The predicted molar refractivity (Wildman–Crippen MR) is 66.7 cm³/mol. The monoisotopic (exact) mass is 272 g/mol. The maximum absolute atomic E-state index is 5.99. The largest absolute Gasteiger partial charge is 0.382 e. The van der Waals surface area contributed by atoms with Crippen molar-refractivity contribution in [2.45, 2.75) is 17.3 Å². The summed E-state index contributed by atoms with van der Waals surface area (Å²) in [5, 5.41) is 0. The van der Waals surface area contributed by atoms with Crippen LogP contribution in [0.1, 0.15) is 6.42 Å². The molecule has 0 amide bonds. The lowest BCUT2D eigenvalue weighted by Gasteiger charge is -2.04. The first-order valence-electron chi connectivity index (χ1n) is 5.09. The number of hydrogen-bond acceptors (Lipinski definition) is 5. The van der Waals surface area contributed by atoms with E-state index >= 15 is 0 Å². The van der Waals surface area contributed by atoms with Crippen molar-refractivity contribution >= 4 is 46.1 Å². The van der Waals surface area contributed by atoms with Gasteiger partial charge in [-0.2, -0.15) is 9.97 Å². The van der Waals surface area contributed by atoms with Gasteiger partial charge in [0.1, 0.15) is 9.85 Å². The number of alkyl halides is 2. The fourth-order valence-electron chi connectivity index (χ4n) is 1.82. The van der Waals surface area contributed by atoms with Crippen LogP contribution < -0.4 is 11.5 Å². The Kier molecular flexibility index (Phi) is 2.15. The SMILES string of the molecule is Nc1nc(N)c2ncn(CC3CC3(Cl)Cl)c2n1. The summed E-state index contributed by atoms with van der Waals surface area (Å²) in [6, 6.07) is 0. The van der Waals surface area contributed by atoms with Crippen LogP contribution >= 0.6 is 23.2 Å². The van der Waals surface area contributed by atoms with Gasteiger partial charge in [-0.25, -0.2) is 4.98 Å². The van der Waals surface area contributed by atoms with Crippen LogP contribution in [0.15, 0.2) is 6.33 Å². The third-order valence-electron chi connectivity index (χ3n) is 2.88. The first kappa shape index (κ1) is 10.9. The Bertz CT molecular complexity index is 592. The van der Waals surface area contributed by atoms with E-state index in [-0.39, 0.29) is 17.7 Å². The molecule has 0 aliphatic heterocycles. The lowest BCUT2D eigenvalue weighted by atomic mass is 10.4. The molecule has 0 bridgehead atoms. The van der Waals surface area contributed by atoms with Crippen LogP contribution in [0.5, 0.6) is 0 Å². The van der Waals surface area contributed by atoms with E-state index in [1.165, 1.54) is 0 Å². The molecule has 1 atom stereocenters. The molecule has 0 radical (unpaired) electrons. The molecule has 3 rings (SSSR count). The van der Waals surface area contributed by atoms with E-state index < -0.39 is 4.33 Å². The van der Waals surface area contributed by atoms with E-state index in [4.69, 9.17) is 34.7 Å². The van der Waals surface area contributed by atoms with Crippen molar-refractivity contribution in [3.8, 4) is 0 Å². The van der Waals surface area contributed by atoms with E-state index in [1.54, 1.807) is 6.33 Å². The number of nitrogens with zero attached hydrogens (tertiary/aromatic N) is 4. The highest BCUT2D eigenvalue weighted by Gasteiger charge is 2.51. The molecule has 1 fully saturated rings. The lowest BCUT2D eigenvalue weighted by molar-refractivity contribution is 0.632. The third-order valence-corrected chi connectivity index (χ3v) is 3.81. The Labute approximate surface area is 107 Å². The molecular formula is C9H10Cl2N6. The van der Waals surface area contributed by atoms with Gasteiger partial charge in [0.15, 0.2) is 11.5 Å². The molecule has 0 aromatic carbocycles. The number of halogens is 2. The van der Waals surface area contributed by atoms with Crippen molar-refractivity contribution < 1.29 is 0 Å². The molecule has 1 saturated carbocycles. The van der Waals surface area contributed by atoms with Gasteiger partial charge in [-0.05, 0) is 6.42 Å². The third kappa shape index (κ3) is 1.77. The summed E-state index contributed by atoms with van der Waals surface area (Å²) in [4.78, 5) is 12.1. The number of hydrogen-bond donors (Lipinski definition) is 2. The zero-order chi connectivity index (χ0) is 12.2. The van der Waals surface area contributed by atoms with Gasteiger partial charge in [0.05, 0.1) is 6.33 Å². The molecule has 90 valence electrons. The average molecular weight is 273 g/mol. The van der Waals surface area contributed by atoms with Gasteiger partial charge in [-0.3, -0.25) is 0 Å². The molecule has 2 heterocycles. The molecule has 2 aromatic rings. The first-order valence-corrected chi connectivity index (χ1v) is 5.84. The fraction of sp³-hybridized carbons (Fsp3) is 0.444. The maximum atomic E-state index is 5.99. The van der Waals surface area contributed by atoms with E-state index in [9.17, 15) is 0 Å². The number of nitrogen functional groups attached to an aromatic ring is 2. The Morgan fingerprint density at radius 2 is 2.12 bits per heavy atom. The number of nitrogens with two attached hydrogens (primary N) is 2. The van der Waals surface area contributed by atoms with Gasteiger partial charge in [0, 0.05) is 12.5 Å². The summed E-state index contributed by atoms with van der Waals surface area (Å²) >= 11 is 12.0. The van der Waals surface area contributed by atoms with Crippen molar-refractivity contribution in [1.82, 2.24) is 19.5 Å². The summed E-state index contributed by atoms with van der Waals surface area (Å²) in [5.74, 6) is 0.626. The number of anilines is 2. The van der Waals surface area contributed by atoms with Crippen LogP contribution in [-0.4, -0.2) is 23.9 Å². The van der Waals surface area contributed by atoms with Crippen molar-refractivity contribution in [2.24, 2.45) is 5.92 Å². The van der Waals surface area contributed by atoms with Crippen LogP contribution in [0.4, 0.5) is 11.8 Å². The van der Waals surface area contributed by atoms with Gasteiger partial charge in [0.25, 0.3) is 0 Å². The lowest BCUT2D eigenvalue weighted by Crippen LogP contribution is -2.06. The molecular weight excluding hydrogens is 263 g/mol. The van der Waals surface area contributed by atoms with Gasteiger partial charge >= 0.3 is 0 Å². The maximum Gasteiger partial charge on any atom is 0.224 e. The predicted octanol–water partition coefficient (Wildman–Crippen LogP) is 1.18. The molecule has 4 N–H and O–H groups in total. The van der Waals surface area contributed by atoms with Gasteiger partial charge in [-0.1, -0.05) is 0 Å². The summed E-state index contributed by atoms with van der Waals surface area (Å²) in [6.07, 6.45) is 2.42. The van der Waals surface area contributed by atoms with E-state index in [0.29, 0.717) is 17.7 Å². The average Bonchev–Trinajstić information content (AvgIpc) is 2.65. The molecule has 1 aliphatic carbocycles. The van der Waals surface area contributed by atoms with Crippen LogP contribution in [-0.2, 0) is 6.54 Å². The molecule has 0 saturated heterocycles. The van der Waals surface area contributed by atoms with Crippen LogP contribution in [0.2, 0.25) is 0 Å². The second kappa shape index (κ2) is 3.36. The standard InChI is InChI=1S/C9H10Cl2N6/c10-9(11)1-4(9)2-17-3-14-5-6(12)15-8(13)16-7(5)17/h3-4H,1-2H2,(H4,12,13,15,16). The smallest absolute Gasteiger partial charge is 0.224 e. The molecule has 0 spiro atoms. The quantitative estimate of drug-likeness (QED) is 0.801. The zero-order valence-corrected chi connectivity index (χ0v) is 10.3. The van der Waals surface area contributed by atoms with Crippen LogP contribution in [0.25, 0.3) is 11.2 Å². The zero-order valence-electron chi connectivity index (χ0n) is 8.77.